The predicted octanol–water partition coefficient (Wildman–Crippen LogP) is 5.53. The van der Waals surface area contributed by atoms with E-state index < -0.39 is 4.92 Å². The lowest BCUT2D eigenvalue weighted by Crippen LogP contribution is -2.29. The minimum Gasteiger partial charge on any atom is -0.494 e. The van der Waals surface area contributed by atoms with Crippen LogP contribution in [0.2, 0.25) is 0 Å². The number of ether oxygens (including phenoxy) is 1. The summed E-state index contributed by atoms with van der Waals surface area (Å²) in [5, 5.41) is 10.7. The van der Waals surface area contributed by atoms with Gasteiger partial charge in [-0.2, -0.15) is 0 Å². The highest BCUT2D eigenvalue weighted by Crippen LogP contribution is 2.23. The average Bonchev–Trinajstić information content (AvgIpc) is 2.66. The van der Waals surface area contributed by atoms with Crippen molar-refractivity contribution in [1.29, 1.82) is 0 Å². The fraction of sp³-hybridized carbons (Fsp3) is 0.118. The average molecular weight is 430 g/mol. The molecule has 142 valence electrons. The van der Waals surface area contributed by atoms with Crippen LogP contribution in [-0.2, 0) is 0 Å². The van der Waals surface area contributed by atoms with Crippen LogP contribution in [0.25, 0.3) is 0 Å². The fourth-order valence-corrected chi connectivity index (χ4v) is 2.20. The SMILES string of the molecule is CCOc1ccc(N=C(NNc2ccc([N+](=O)[O-])cc2)C(Cl)=C(Cl)Cl)cc1. The van der Waals surface area contributed by atoms with Gasteiger partial charge in [-0.15, -0.1) is 0 Å². The van der Waals surface area contributed by atoms with Crippen molar-refractivity contribution in [3.63, 3.8) is 0 Å². The van der Waals surface area contributed by atoms with Crippen LogP contribution in [0, 0.1) is 10.1 Å². The zero-order valence-electron chi connectivity index (χ0n) is 14.1. The Morgan fingerprint density at radius 2 is 1.74 bits per heavy atom. The smallest absolute Gasteiger partial charge is 0.269 e. The number of anilines is 1. The van der Waals surface area contributed by atoms with Crippen molar-refractivity contribution < 1.29 is 9.66 Å². The van der Waals surface area contributed by atoms with Gasteiger partial charge in [0.25, 0.3) is 5.69 Å². The Morgan fingerprint density at radius 3 is 2.26 bits per heavy atom. The molecular formula is C17H15Cl3N4O3. The number of halogens is 3. The second kappa shape index (κ2) is 10.0. The number of hydrogen-bond acceptors (Lipinski definition) is 5. The van der Waals surface area contributed by atoms with E-state index in [0.717, 1.165) is 0 Å². The van der Waals surface area contributed by atoms with Gasteiger partial charge in [-0.1, -0.05) is 34.8 Å². The Bertz CT molecular complexity index is 849. The minimum atomic E-state index is -0.483. The summed E-state index contributed by atoms with van der Waals surface area (Å²) >= 11 is 17.6. The quantitative estimate of drug-likeness (QED) is 0.261. The highest BCUT2D eigenvalue weighted by molar-refractivity contribution is 6.62. The number of hydrogen-bond donors (Lipinski definition) is 2. The van der Waals surface area contributed by atoms with Crippen LogP contribution in [0.15, 0.2) is 63.0 Å². The molecule has 0 aromatic heterocycles. The van der Waals surface area contributed by atoms with Crippen molar-refractivity contribution in [2.45, 2.75) is 6.92 Å². The molecule has 0 saturated carbocycles. The van der Waals surface area contributed by atoms with E-state index in [1.807, 2.05) is 6.92 Å². The lowest BCUT2D eigenvalue weighted by atomic mass is 10.3. The molecule has 0 atom stereocenters. The third kappa shape index (κ3) is 6.32. The molecule has 0 aliphatic carbocycles. The largest absolute Gasteiger partial charge is 0.494 e. The number of nitro benzene ring substituents is 1. The first-order chi connectivity index (χ1) is 12.9. The van der Waals surface area contributed by atoms with Crippen LogP contribution in [0.3, 0.4) is 0 Å². The fourth-order valence-electron chi connectivity index (χ4n) is 1.93. The summed E-state index contributed by atoms with van der Waals surface area (Å²) in [5.41, 5.74) is 6.74. The number of benzene rings is 2. The van der Waals surface area contributed by atoms with E-state index in [9.17, 15) is 10.1 Å². The molecule has 0 radical (unpaired) electrons. The molecule has 27 heavy (non-hydrogen) atoms. The lowest BCUT2D eigenvalue weighted by molar-refractivity contribution is -0.384. The summed E-state index contributed by atoms with van der Waals surface area (Å²) in [6.45, 7) is 2.45. The Hall–Kier alpha value is -2.48. The van der Waals surface area contributed by atoms with Gasteiger partial charge in [0.1, 0.15) is 15.3 Å². The van der Waals surface area contributed by atoms with Crippen LogP contribution < -0.4 is 15.6 Å². The molecule has 7 nitrogen and oxygen atoms in total. The highest BCUT2D eigenvalue weighted by Gasteiger charge is 2.10. The summed E-state index contributed by atoms with van der Waals surface area (Å²) in [6.07, 6.45) is 0. The van der Waals surface area contributed by atoms with E-state index in [0.29, 0.717) is 23.7 Å². The molecular weight excluding hydrogens is 415 g/mol. The van der Waals surface area contributed by atoms with Gasteiger partial charge in [0, 0.05) is 12.1 Å². The van der Waals surface area contributed by atoms with E-state index in [2.05, 4.69) is 15.8 Å². The maximum absolute atomic E-state index is 10.7. The zero-order valence-corrected chi connectivity index (χ0v) is 16.3. The lowest BCUT2D eigenvalue weighted by Gasteiger charge is -2.12. The molecule has 0 unspecified atom stereocenters. The van der Waals surface area contributed by atoms with Crippen molar-refractivity contribution in [1.82, 2.24) is 5.43 Å². The van der Waals surface area contributed by atoms with Gasteiger partial charge in [-0.3, -0.25) is 21.0 Å². The van der Waals surface area contributed by atoms with E-state index in [4.69, 9.17) is 39.5 Å². The number of nitrogens with one attached hydrogen (secondary N) is 2. The molecule has 0 heterocycles. The molecule has 0 fully saturated rings. The number of aliphatic imine (C=N–C) groups is 1. The molecule has 0 bridgehead atoms. The molecule has 2 aromatic carbocycles. The van der Waals surface area contributed by atoms with E-state index in [1.165, 1.54) is 24.3 Å². The summed E-state index contributed by atoms with van der Waals surface area (Å²) < 4.78 is 5.21. The Labute approximate surface area is 170 Å². The molecule has 2 N–H and O–H groups in total. The van der Waals surface area contributed by atoms with Gasteiger partial charge in [0.15, 0.2) is 5.84 Å². The monoisotopic (exact) mass is 428 g/mol. The zero-order chi connectivity index (χ0) is 19.8. The molecule has 10 heteroatoms. The van der Waals surface area contributed by atoms with E-state index >= 15 is 0 Å². The van der Waals surface area contributed by atoms with Crippen LogP contribution in [0.1, 0.15) is 6.92 Å². The molecule has 0 saturated heterocycles. The number of amidine groups is 1. The molecule has 2 rings (SSSR count). The first-order valence-corrected chi connectivity index (χ1v) is 8.83. The highest BCUT2D eigenvalue weighted by atomic mass is 35.5. The Balaban J connectivity index is 2.19. The first kappa shape index (κ1) is 20.8. The van der Waals surface area contributed by atoms with Crippen molar-refractivity contribution >= 4 is 57.7 Å². The molecule has 0 amide bonds. The van der Waals surface area contributed by atoms with Gasteiger partial charge in [-0.25, -0.2) is 4.99 Å². The van der Waals surface area contributed by atoms with Gasteiger partial charge in [0.05, 0.1) is 22.9 Å². The summed E-state index contributed by atoms with van der Waals surface area (Å²) in [4.78, 5) is 14.6. The van der Waals surface area contributed by atoms with E-state index in [1.54, 1.807) is 24.3 Å². The number of nitrogens with zero attached hydrogens (tertiary/aromatic N) is 2. The third-order valence-electron chi connectivity index (χ3n) is 3.17. The topological polar surface area (TPSA) is 88.8 Å². The Morgan fingerprint density at radius 1 is 1.11 bits per heavy atom. The molecule has 2 aromatic rings. The van der Waals surface area contributed by atoms with Crippen molar-refractivity contribution in [2.75, 3.05) is 12.0 Å². The van der Waals surface area contributed by atoms with Crippen LogP contribution in [-0.4, -0.2) is 17.4 Å². The normalized spacial score (nSPS) is 10.9. The van der Waals surface area contributed by atoms with Gasteiger partial charge in [0.2, 0.25) is 0 Å². The van der Waals surface area contributed by atoms with Crippen LogP contribution in [0.4, 0.5) is 17.1 Å². The van der Waals surface area contributed by atoms with Gasteiger partial charge < -0.3 is 4.74 Å². The molecule has 0 spiro atoms. The first-order valence-electron chi connectivity index (χ1n) is 7.70. The second-order valence-corrected chi connectivity index (χ2v) is 6.34. The third-order valence-corrected chi connectivity index (χ3v) is 4.11. The van der Waals surface area contributed by atoms with Crippen molar-refractivity contribution in [2.24, 2.45) is 4.99 Å². The maximum Gasteiger partial charge on any atom is 0.269 e. The summed E-state index contributed by atoms with van der Waals surface area (Å²) in [7, 11) is 0. The number of non-ortho nitro benzene ring substituents is 1. The molecule has 0 aliphatic heterocycles. The van der Waals surface area contributed by atoms with Crippen molar-refractivity contribution in [3.8, 4) is 5.75 Å². The predicted molar refractivity (Wildman–Crippen MR) is 109 cm³/mol. The summed E-state index contributed by atoms with van der Waals surface area (Å²) in [5.74, 6) is 0.881. The number of hydrazine groups is 1. The minimum absolute atomic E-state index is 0.00151. The van der Waals surface area contributed by atoms with Gasteiger partial charge >= 0.3 is 0 Å². The summed E-state index contributed by atoms with van der Waals surface area (Å²) in [6, 6.07) is 12.8. The van der Waals surface area contributed by atoms with Crippen molar-refractivity contribution in [3.05, 3.63) is 68.2 Å². The van der Waals surface area contributed by atoms with Crippen LogP contribution in [0.5, 0.6) is 5.75 Å². The molecule has 0 aliphatic rings. The Kier molecular flexibility index (Phi) is 7.72. The van der Waals surface area contributed by atoms with Crippen LogP contribution >= 0.6 is 34.8 Å². The maximum atomic E-state index is 10.7. The standard InChI is InChI=1S/C17H15Cl3N4O3/c1-2-27-14-9-5-11(6-10-14)21-17(15(18)16(19)20)23-22-12-3-7-13(8-4-12)24(25)26/h3-10,22H,2H2,1H3,(H,21,23). The second-order valence-electron chi connectivity index (χ2n) is 5.02. The number of nitro groups is 1. The number of rotatable bonds is 7. The van der Waals surface area contributed by atoms with Gasteiger partial charge in [-0.05, 0) is 43.3 Å². The van der Waals surface area contributed by atoms with E-state index in [-0.39, 0.29) is 21.0 Å².